The summed E-state index contributed by atoms with van der Waals surface area (Å²) in [6.45, 7) is 5.77. The van der Waals surface area contributed by atoms with Gasteiger partial charge >= 0.3 is 0 Å². The van der Waals surface area contributed by atoms with Crippen LogP contribution in [-0.4, -0.2) is 25.8 Å². The van der Waals surface area contributed by atoms with E-state index in [2.05, 4.69) is 20.3 Å². The topological polar surface area (TPSA) is 107 Å². The largest absolute Gasteiger partial charge is 0.382 e. The number of hydrogen-bond acceptors (Lipinski definition) is 6. The van der Waals surface area contributed by atoms with Crippen LogP contribution in [0.3, 0.4) is 0 Å². The number of nitrogens with zero attached hydrogens (tertiary/aromatic N) is 4. The van der Waals surface area contributed by atoms with Crippen molar-refractivity contribution in [2.75, 3.05) is 5.73 Å². The molecule has 0 spiro atoms. The van der Waals surface area contributed by atoms with Crippen molar-refractivity contribution in [2.24, 2.45) is 0 Å². The number of hydrogen-bond donors (Lipinski definition) is 2. The van der Waals surface area contributed by atoms with E-state index in [-0.39, 0.29) is 11.5 Å². The van der Waals surface area contributed by atoms with E-state index in [0.717, 1.165) is 33.3 Å². The Balaban J connectivity index is 1.62. The van der Waals surface area contributed by atoms with Crippen LogP contribution in [0.4, 0.5) is 5.82 Å². The third kappa shape index (κ3) is 4.38. The lowest BCUT2D eigenvalue weighted by Crippen LogP contribution is -2.42. The summed E-state index contributed by atoms with van der Waals surface area (Å²) in [5.74, 6) is -0.357. The summed E-state index contributed by atoms with van der Waals surface area (Å²) in [5.41, 5.74) is 11.1. The van der Waals surface area contributed by atoms with Crippen molar-refractivity contribution in [1.82, 2.24) is 25.3 Å². The molecule has 0 radical (unpaired) electrons. The molecule has 0 saturated carbocycles. The molecule has 0 fully saturated rings. The zero-order valence-corrected chi connectivity index (χ0v) is 20.4. The number of aromatic nitrogens is 4. The van der Waals surface area contributed by atoms with Gasteiger partial charge in [-0.1, -0.05) is 48.5 Å². The Morgan fingerprint density at radius 2 is 1.56 bits per heavy atom. The molecule has 0 aliphatic carbocycles. The fraction of sp³-hybridized carbons (Fsp3) is 0.138. The molecule has 0 bridgehead atoms. The summed E-state index contributed by atoms with van der Waals surface area (Å²) in [7, 11) is 0. The molecule has 2 aromatic carbocycles. The van der Waals surface area contributed by atoms with Gasteiger partial charge in [-0.05, 0) is 50.6 Å². The number of benzene rings is 2. The molecule has 0 saturated heterocycles. The van der Waals surface area contributed by atoms with Gasteiger partial charge < -0.3 is 11.1 Å². The summed E-state index contributed by atoms with van der Waals surface area (Å²) in [4.78, 5) is 31.8. The quantitative estimate of drug-likeness (QED) is 0.358. The van der Waals surface area contributed by atoms with Crippen molar-refractivity contribution in [3.8, 4) is 22.5 Å². The highest BCUT2D eigenvalue weighted by atomic mass is 16.2. The van der Waals surface area contributed by atoms with E-state index in [1.807, 2.05) is 93.6 Å². The molecule has 3 heterocycles. The molecule has 0 aliphatic heterocycles. The molecule has 178 valence electrons. The molecule has 3 N–H and O–H groups in total. The van der Waals surface area contributed by atoms with Crippen molar-refractivity contribution < 1.29 is 4.79 Å². The molecular formula is C29H26N6O. The zero-order chi connectivity index (χ0) is 25.3. The van der Waals surface area contributed by atoms with Gasteiger partial charge in [0.2, 0.25) is 0 Å². The fourth-order valence-corrected chi connectivity index (χ4v) is 4.38. The van der Waals surface area contributed by atoms with Gasteiger partial charge in [0.1, 0.15) is 0 Å². The molecule has 0 atom stereocenters. The number of carbonyl (C=O) groups is 1. The maximum atomic E-state index is 13.5. The van der Waals surface area contributed by atoms with Crippen molar-refractivity contribution in [3.63, 3.8) is 0 Å². The molecular weight excluding hydrogens is 448 g/mol. The highest BCUT2D eigenvalue weighted by molar-refractivity contribution is 5.99. The third-order valence-corrected chi connectivity index (χ3v) is 6.09. The van der Waals surface area contributed by atoms with E-state index in [1.54, 1.807) is 12.4 Å². The van der Waals surface area contributed by atoms with Crippen LogP contribution >= 0.6 is 0 Å². The van der Waals surface area contributed by atoms with Crippen molar-refractivity contribution in [1.29, 1.82) is 0 Å². The highest BCUT2D eigenvalue weighted by Crippen LogP contribution is 2.32. The smallest absolute Gasteiger partial charge is 0.274 e. The summed E-state index contributed by atoms with van der Waals surface area (Å²) in [5, 5.41) is 4.01. The lowest BCUT2D eigenvalue weighted by Gasteiger charge is -2.27. The first-order valence-electron chi connectivity index (χ1n) is 11.7. The number of nitrogens with one attached hydrogen (secondary N) is 1. The molecule has 5 aromatic rings. The average molecular weight is 475 g/mol. The van der Waals surface area contributed by atoms with Gasteiger partial charge in [-0.15, -0.1) is 0 Å². The average Bonchev–Trinajstić information content (AvgIpc) is 2.88. The van der Waals surface area contributed by atoms with E-state index >= 15 is 0 Å². The fourth-order valence-electron chi connectivity index (χ4n) is 4.38. The predicted octanol–water partition coefficient (Wildman–Crippen LogP) is 5.31. The molecule has 5 rings (SSSR count). The maximum Gasteiger partial charge on any atom is 0.274 e. The summed E-state index contributed by atoms with van der Waals surface area (Å²) in [6, 6.07) is 23.3. The first kappa shape index (κ1) is 23.1. The predicted molar refractivity (Wildman–Crippen MR) is 142 cm³/mol. The number of rotatable bonds is 5. The third-order valence-electron chi connectivity index (χ3n) is 6.09. The summed E-state index contributed by atoms with van der Waals surface area (Å²) < 4.78 is 0. The number of carbonyl (C=O) groups excluding carboxylic acids is 1. The van der Waals surface area contributed by atoms with Gasteiger partial charge in [0.25, 0.3) is 5.91 Å². The van der Waals surface area contributed by atoms with Crippen LogP contribution in [0.2, 0.25) is 0 Å². The number of fused-ring (bicyclic) bond motifs is 1. The van der Waals surface area contributed by atoms with Crippen LogP contribution in [-0.2, 0) is 5.54 Å². The monoisotopic (exact) mass is 474 g/mol. The number of pyridine rings is 2. The Kier molecular flexibility index (Phi) is 5.90. The lowest BCUT2D eigenvalue weighted by molar-refractivity contribution is 0.0906. The summed E-state index contributed by atoms with van der Waals surface area (Å²) in [6.07, 6.45) is 3.47. The zero-order valence-electron chi connectivity index (χ0n) is 20.4. The van der Waals surface area contributed by atoms with Crippen molar-refractivity contribution in [2.45, 2.75) is 26.3 Å². The molecule has 0 aliphatic rings. The van der Waals surface area contributed by atoms with Crippen LogP contribution in [0.5, 0.6) is 0 Å². The normalized spacial score (nSPS) is 11.4. The van der Waals surface area contributed by atoms with Crippen molar-refractivity contribution in [3.05, 3.63) is 102 Å². The van der Waals surface area contributed by atoms with Gasteiger partial charge in [0.15, 0.2) is 11.5 Å². The second kappa shape index (κ2) is 9.19. The Morgan fingerprint density at radius 3 is 2.33 bits per heavy atom. The number of nitrogen functional groups attached to an aromatic ring is 1. The molecule has 0 unspecified atom stereocenters. The van der Waals surface area contributed by atoms with Crippen molar-refractivity contribution >= 4 is 22.6 Å². The second-order valence-corrected chi connectivity index (χ2v) is 9.18. The number of nitrogens with two attached hydrogens (primary N) is 1. The van der Waals surface area contributed by atoms with E-state index in [1.165, 1.54) is 0 Å². The summed E-state index contributed by atoms with van der Waals surface area (Å²) >= 11 is 0. The standard InChI is InChI=1S/C29H26N6O/c1-18-9-7-16-32-26(18)29(2,3)35-28(36)25-27(30)34-23(19-10-5-4-6-11-19)24(33-25)21-13-14-22-20(17-21)12-8-15-31-22/h4-17H,1-3H3,(H2,30,34)(H,35,36). The van der Waals surface area contributed by atoms with Crippen LogP contribution in [0.25, 0.3) is 33.4 Å². The molecule has 36 heavy (non-hydrogen) atoms. The minimum absolute atomic E-state index is 0.0612. The minimum atomic E-state index is -0.747. The van der Waals surface area contributed by atoms with Gasteiger partial charge in [-0.3, -0.25) is 14.8 Å². The highest BCUT2D eigenvalue weighted by Gasteiger charge is 2.29. The minimum Gasteiger partial charge on any atom is -0.382 e. The lowest BCUT2D eigenvalue weighted by atomic mass is 9.95. The Morgan fingerprint density at radius 1 is 0.833 bits per heavy atom. The second-order valence-electron chi connectivity index (χ2n) is 9.18. The molecule has 1 amide bonds. The maximum absolute atomic E-state index is 13.5. The first-order valence-corrected chi connectivity index (χ1v) is 11.7. The number of anilines is 1. The van der Waals surface area contributed by atoms with Gasteiger partial charge in [-0.25, -0.2) is 9.97 Å². The van der Waals surface area contributed by atoms with Crippen LogP contribution in [0.15, 0.2) is 85.2 Å². The van der Waals surface area contributed by atoms with Crippen LogP contribution < -0.4 is 11.1 Å². The molecule has 3 aromatic heterocycles. The van der Waals surface area contributed by atoms with E-state index in [0.29, 0.717) is 11.4 Å². The number of aryl methyl sites for hydroxylation is 1. The molecule has 7 nitrogen and oxygen atoms in total. The Bertz CT molecular complexity index is 1580. The first-order chi connectivity index (χ1) is 17.3. The van der Waals surface area contributed by atoms with Gasteiger partial charge in [-0.2, -0.15) is 0 Å². The SMILES string of the molecule is Cc1cccnc1C(C)(C)NC(=O)c1nc(-c2ccc3ncccc3c2)c(-c2ccccc2)nc1N. The van der Waals surface area contributed by atoms with Crippen LogP contribution in [0, 0.1) is 6.92 Å². The van der Waals surface area contributed by atoms with Crippen LogP contribution in [0.1, 0.15) is 35.6 Å². The van der Waals surface area contributed by atoms with E-state index < -0.39 is 11.4 Å². The van der Waals surface area contributed by atoms with E-state index in [4.69, 9.17) is 10.7 Å². The molecule has 7 heteroatoms. The Labute approximate surface area is 209 Å². The number of amides is 1. The van der Waals surface area contributed by atoms with Gasteiger partial charge in [0, 0.05) is 28.9 Å². The van der Waals surface area contributed by atoms with Gasteiger partial charge in [0.05, 0.1) is 28.1 Å². The van der Waals surface area contributed by atoms with E-state index in [9.17, 15) is 4.79 Å². The Hall–Kier alpha value is -4.65.